The third-order valence-electron chi connectivity index (χ3n) is 4.19. The van der Waals surface area contributed by atoms with E-state index in [0.717, 1.165) is 24.9 Å². The molecule has 0 aliphatic heterocycles. The first-order chi connectivity index (χ1) is 8.94. The highest BCUT2D eigenvalue weighted by Gasteiger charge is 2.49. The van der Waals surface area contributed by atoms with Crippen LogP contribution < -0.4 is 5.32 Å². The van der Waals surface area contributed by atoms with Crippen molar-refractivity contribution < 1.29 is 4.39 Å². The van der Waals surface area contributed by atoms with E-state index in [1.54, 1.807) is 6.07 Å². The van der Waals surface area contributed by atoms with Crippen molar-refractivity contribution in [1.29, 1.82) is 0 Å². The number of nitrogens with one attached hydrogen (secondary N) is 1. The number of rotatable bonds is 6. The molecule has 0 bridgehead atoms. The topological polar surface area (TPSA) is 12.0 Å². The monoisotopic (exact) mass is 283 g/mol. The van der Waals surface area contributed by atoms with Gasteiger partial charge < -0.3 is 5.32 Å². The molecule has 1 saturated carbocycles. The van der Waals surface area contributed by atoms with E-state index in [1.165, 1.54) is 12.5 Å². The van der Waals surface area contributed by atoms with Gasteiger partial charge in [0.2, 0.25) is 0 Å². The van der Waals surface area contributed by atoms with E-state index in [0.29, 0.717) is 22.4 Å². The van der Waals surface area contributed by atoms with E-state index in [9.17, 15) is 4.39 Å². The summed E-state index contributed by atoms with van der Waals surface area (Å²) in [5.41, 5.74) is 1.16. The Morgan fingerprint density at radius 2 is 2.16 bits per heavy atom. The first-order valence-corrected chi connectivity index (χ1v) is 7.49. The molecule has 19 heavy (non-hydrogen) atoms. The fraction of sp³-hybridized carbons (Fsp3) is 0.625. The molecule has 1 aliphatic rings. The first-order valence-electron chi connectivity index (χ1n) is 7.11. The molecule has 0 heterocycles. The minimum absolute atomic E-state index is 0.186. The van der Waals surface area contributed by atoms with Gasteiger partial charge >= 0.3 is 0 Å². The zero-order chi connectivity index (χ0) is 14.0. The van der Waals surface area contributed by atoms with Crippen molar-refractivity contribution in [2.45, 2.75) is 46.1 Å². The van der Waals surface area contributed by atoms with Crippen LogP contribution in [0.1, 0.15) is 39.2 Å². The zero-order valence-corrected chi connectivity index (χ0v) is 12.7. The molecule has 0 saturated heterocycles. The normalized spacial score (nSPS) is 22.3. The van der Waals surface area contributed by atoms with Gasteiger partial charge in [0.1, 0.15) is 5.82 Å². The fourth-order valence-electron chi connectivity index (χ4n) is 2.81. The lowest BCUT2D eigenvalue weighted by atomic mass is 9.97. The number of hydrogen-bond acceptors (Lipinski definition) is 1. The molecule has 1 aromatic rings. The van der Waals surface area contributed by atoms with E-state index in [1.807, 2.05) is 6.07 Å². The van der Waals surface area contributed by atoms with Crippen molar-refractivity contribution in [1.82, 2.24) is 5.32 Å². The van der Waals surface area contributed by atoms with Gasteiger partial charge in [-0.3, -0.25) is 0 Å². The summed E-state index contributed by atoms with van der Waals surface area (Å²) in [6, 6.07) is 5.36. The lowest BCUT2D eigenvalue weighted by Crippen LogP contribution is -2.35. The maximum absolute atomic E-state index is 13.9. The van der Waals surface area contributed by atoms with Gasteiger partial charge in [0.05, 0.1) is 0 Å². The molecule has 1 nitrogen and oxygen atoms in total. The summed E-state index contributed by atoms with van der Waals surface area (Å²) < 4.78 is 13.9. The maximum Gasteiger partial charge on any atom is 0.127 e. The molecular weight excluding hydrogens is 261 g/mol. The second-order valence-electron chi connectivity index (χ2n) is 6.30. The van der Waals surface area contributed by atoms with Crippen molar-refractivity contribution in [2.75, 3.05) is 6.54 Å². The SMILES string of the molecule is CCCNC(Cc1ccc(Cl)cc1F)C1CC1(C)C. The Labute approximate surface area is 120 Å². The van der Waals surface area contributed by atoms with Crippen molar-refractivity contribution in [3.8, 4) is 0 Å². The van der Waals surface area contributed by atoms with Crippen molar-refractivity contribution in [2.24, 2.45) is 11.3 Å². The molecule has 2 rings (SSSR count). The molecule has 0 radical (unpaired) electrons. The fourth-order valence-corrected chi connectivity index (χ4v) is 2.96. The Hall–Kier alpha value is -0.600. The van der Waals surface area contributed by atoms with E-state index in [4.69, 9.17) is 11.6 Å². The number of halogens is 2. The molecule has 0 aromatic heterocycles. The minimum atomic E-state index is -0.186. The van der Waals surface area contributed by atoms with E-state index in [2.05, 4.69) is 26.1 Å². The largest absolute Gasteiger partial charge is 0.313 e. The summed E-state index contributed by atoms with van der Waals surface area (Å²) in [6.45, 7) is 7.73. The van der Waals surface area contributed by atoms with Crippen LogP contribution in [-0.2, 0) is 6.42 Å². The van der Waals surface area contributed by atoms with Crippen molar-refractivity contribution in [3.05, 3.63) is 34.6 Å². The van der Waals surface area contributed by atoms with E-state index in [-0.39, 0.29) is 5.82 Å². The van der Waals surface area contributed by atoms with Gasteiger partial charge in [0.15, 0.2) is 0 Å². The molecule has 3 heteroatoms. The van der Waals surface area contributed by atoms with Gasteiger partial charge in [-0.05, 0) is 54.8 Å². The quantitative estimate of drug-likeness (QED) is 0.814. The number of hydrogen-bond donors (Lipinski definition) is 1. The standard InChI is InChI=1S/C16H23ClFN/c1-4-7-19-15(13-10-16(13,2)3)8-11-5-6-12(17)9-14(11)18/h5-6,9,13,15,19H,4,7-8,10H2,1-3H3. The Bertz CT molecular complexity index is 444. The van der Waals surface area contributed by atoms with Gasteiger partial charge in [-0.25, -0.2) is 4.39 Å². The van der Waals surface area contributed by atoms with E-state index >= 15 is 0 Å². The average molecular weight is 284 g/mol. The third kappa shape index (κ3) is 3.70. The van der Waals surface area contributed by atoms with Gasteiger partial charge in [-0.15, -0.1) is 0 Å². The van der Waals surface area contributed by atoms with Gasteiger partial charge in [-0.2, -0.15) is 0 Å². The molecule has 1 aromatic carbocycles. The van der Waals surface area contributed by atoms with Crippen molar-refractivity contribution in [3.63, 3.8) is 0 Å². The predicted molar refractivity (Wildman–Crippen MR) is 79.1 cm³/mol. The highest BCUT2D eigenvalue weighted by atomic mass is 35.5. The van der Waals surface area contributed by atoms with Crippen LogP contribution in [0.4, 0.5) is 4.39 Å². The minimum Gasteiger partial charge on any atom is -0.313 e. The maximum atomic E-state index is 13.9. The van der Waals surface area contributed by atoms with Crippen molar-refractivity contribution >= 4 is 11.6 Å². The first kappa shape index (κ1) is 14.8. The molecule has 2 unspecified atom stereocenters. The summed E-state index contributed by atoms with van der Waals surface area (Å²) >= 11 is 5.80. The summed E-state index contributed by atoms with van der Waals surface area (Å²) in [6.07, 6.45) is 3.08. The third-order valence-corrected chi connectivity index (χ3v) is 4.42. The molecular formula is C16H23ClFN. The Balaban J connectivity index is 2.07. The molecule has 0 amide bonds. The Morgan fingerprint density at radius 1 is 1.47 bits per heavy atom. The van der Waals surface area contributed by atoms with Crippen LogP contribution in [0, 0.1) is 17.2 Å². The number of benzene rings is 1. The van der Waals surface area contributed by atoms with Crippen LogP contribution >= 0.6 is 11.6 Å². The second kappa shape index (κ2) is 5.80. The molecule has 0 spiro atoms. The Morgan fingerprint density at radius 3 is 2.68 bits per heavy atom. The summed E-state index contributed by atoms with van der Waals surface area (Å²) in [7, 11) is 0. The van der Waals surface area contributed by atoms with Crippen LogP contribution in [0.15, 0.2) is 18.2 Å². The van der Waals surface area contributed by atoms with Crippen LogP contribution in [0.25, 0.3) is 0 Å². The van der Waals surface area contributed by atoms with Crippen LogP contribution in [0.3, 0.4) is 0 Å². The summed E-state index contributed by atoms with van der Waals surface area (Å²) in [4.78, 5) is 0. The Kier molecular flexibility index (Phi) is 4.52. The predicted octanol–water partition coefficient (Wildman–Crippen LogP) is 4.44. The highest BCUT2D eigenvalue weighted by molar-refractivity contribution is 6.30. The van der Waals surface area contributed by atoms with Gasteiger partial charge in [0, 0.05) is 11.1 Å². The summed E-state index contributed by atoms with van der Waals surface area (Å²) in [5.74, 6) is 0.461. The lowest BCUT2D eigenvalue weighted by Gasteiger charge is -2.21. The average Bonchev–Trinajstić information content (AvgIpc) is 2.96. The lowest BCUT2D eigenvalue weighted by molar-refractivity contribution is 0.398. The molecule has 106 valence electrons. The van der Waals surface area contributed by atoms with Crippen LogP contribution in [-0.4, -0.2) is 12.6 Å². The van der Waals surface area contributed by atoms with Gasteiger partial charge in [-0.1, -0.05) is 38.4 Å². The smallest absolute Gasteiger partial charge is 0.127 e. The van der Waals surface area contributed by atoms with Crippen LogP contribution in [0.5, 0.6) is 0 Å². The molecule has 2 atom stereocenters. The zero-order valence-electron chi connectivity index (χ0n) is 12.0. The van der Waals surface area contributed by atoms with E-state index < -0.39 is 0 Å². The molecule has 1 N–H and O–H groups in total. The summed E-state index contributed by atoms with van der Waals surface area (Å²) in [5, 5.41) is 4.04. The molecule has 1 aliphatic carbocycles. The van der Waals surface area contributed by atoms with Crippen LogP contribution in [0.2, 0.25) is 5.02 Å². The molecule has 1 fully saturated rings. The van der Waals surface area contributed by atoms with Gasteiger partial charge in [0.25, 0.3) is 0 Å². The highest BCUT2D eigenvalue weighted by Crippen LogP contribution is 2.54. The second-order valence-corrected chi connectivity index (χ2v) is 6.74.